The van der Waals surface area contributed by atoms with E-state index in [0.29, 0.717) is 143 Å². The number of hydrogen-bond donors (Lipinski definition) is 0. The Labute approximate surface area is 666 Å². The number of pyridine rings is 3. The van der Waals surface area contributed by atoms with Crippen molar-refractivity contribution in [2.75, 3.05) is 202 Å². The molecule has 4 aromatic heterocycles. The Kier molecular flexibility index (Phi) is 30.5. The lowest BCUT2D eigenvalue weighted by Crippen LogP contribution is -2.49. The number of benzene rings is 5. The molecule has 25 nitrogen and oxygen atoms in total. The van der Waals surface area contributed by atoms with E-state index in [0.717, 1.165) is 105 Å². The van der Waals surface area contributed by atoms with Crippen LogP contribution in [-0.2, 0) is 14.2 Å². The van der Waals surface area contributed by atoms with Gasteiger partial charge in [-0.25, -0.2) is 33.7 Å². The summed E-state index contributed by atoms with van der Waals surface area (Å²) >= 11 is 1.46. The van der Waals surface area contributed by atoms with Crippen LogP contribution >= 0.6 is 11.3 Å². The maximum Gasteiger partial charge on any atom is 0.345 e. The molecule has 113 heavy (non-hydrogen) atoms. The van der Waals surface area contributed by atoms with Gasteiger partial charge >= 0.3 is 17.9 Å². The number of anilines is 3. The molecule has 3 aliphatic rings. The van der Waals surface area contributed by atoms with Crippen molar-refractivity contribution in [2.24, 2.45) is 0 Å². The lowest BCUT2D eigenvalue weighted by Gasteiger charge is -2.37. The number of carbonyl (C=O) groups excluding carboxylic acids is 6. The standard InChI is InChI=1S/C30H38N4O5.C29H35FN4O4.C27H34N4O4S/c1-6-38-30(36)26-27(24-20-21(2)8-13-25(24)31-28(26)39-19-7-14-32(3)4)33-15-17-34(18-16-33)29(35)22-9-11-23(37-5)12-10-22;1-5-37-29(36)25-26(33-14-16-34(17-15-33)28(35)21-8-10-22(30)11-9-21)23-19-20(2)7-12-24(23)31-27(25)38-18-6-13-32(3)4;1-5-34-27(33)23-24(30-12-14-31(15-13-30)26(32)22-8-6-17-36-22)20-18-19(2)9-10-21(20)28-25(23)35-16-7-11-29(3)4/h8-13,20H,6-7,14-19H2,1-5H3;7-12,19H,5-6,13-18H2,1-4H3;6,8-10,17-18H,5,7,11-16H2,1-4H3. The highest BCUT2D eigenvalue weighted by atomic mass is 32.1. The van der Waals surface area contributed by atoms with E-state index in [4.69, 9.17) is 48.1 Å². The zero-order chi connectivity index (χ0) is 80.8. The topological polar surface area (TPSA) is 235 Å². The third-order valence-electron chi connectivity index (χ3n) is 19.5. The zero-order valence-electron chi connectivity index (χ0n) is 67.5. The number of carbonyl (C=O) groups is 6. The Morgan fingerprint density at radius 1 is 0.425 bits per heavy atom. The zero-order valence-corrected chi connectivity index (χ0v) is 68.3. The van der Waals surface area contributed by atoms with Crippen molar-refractivity contribution in [3.63, 3.8) is 0 Å². The first-order valence-corrected chi connectivity index (χ1v) is 39.6. The summed E-state index contributed by atoms with van der Waals surface area (Å²) < 4.78 is 53.3. The summed E-state index contributed by atoms with van der Waals surface area (Å²) in [5.74, 6) is -0.310. The molecule has 0 spiro atoms. The second-order valence-corrected chi connectivity index (χ2v) is 29.7. The van der Waals surface area contributed by atoms with E-state index in [1.807, 2.05) is 139 Å². The molecule has 602 valence electrons. The van der Waals surface area contributed by atoms with Crippen molar-refractivity contribution in [1.82, 2.24) is 44.4 Å². The first-order chi connectivity index (χ1) is 54.5. The van der Waals surface area contributed by atoms with Gasteiger partial charge in [-0.15, -0.1) is 11.3 Å². The Bertz CT molecular complexity index is 4740. The van der Waals surface area contributed by atoms with Crippen LogP contribution in [0.3, 0.4) is 0 Å². The molecule has 3 saturated heterocycles. The second kappa shape index (κ2) is 40.6. The van der Waals surface area contributed by atoms with Gasteiger partial charge in [0, 0.05) is 125 Å². The summed E-state index contributed by atoms with van der Waals surface area (Å²) in [6.07, 6.45) is 2.38. The van der Waals surface area contributed by atoms with Gasteiger partial charge < -0.3 is 77.3 Å². The largest absolute Gasteiger partial charge is 0.497 e. The fraction of sp³-hybridized carbons (Fsp3) is 0.430. The van der Waals surface area contributed by atoms with Gasteiger partial charge in [-0.3, -0.25) is 14.4 Å². The summed E-state index contributed by atoms with van der Waals surface area (Å²) in [7, 11) is 13.7. The van der Waals surface area contributed by atoms with Crippen LogP contribution in [0.1, 0.15) is 118 Å². The van der Waals surface area contributed by atoms with Crippen molar-refractivity contribution in [2.45, 2.75) is 60.8 Å². The molecular formula is C86H107FN12O13S. The summed E-state index contributed by atoms with van der Waals surface area (Å²) in [4.78, 5) is 112. The number of aromatic nitrogens is 3. The monoisotopic (exact) mass is 1570 g/mol. The summed E-state index contributed by atoms with van der Waals surface area (Å²) in [6.45, 7) is 22.4. The molecule has 9 aromatic rings. The Morgan fingerprint density at radius 2 is 0.743 bits per heavy atom. The molecule has 0 radical (unpaired) electrons. The van der Waals surface area contributed by atoms with E-state index in [-0.39, 0.29) is 55.1 Å². The van der Waals surface area contributed by atoms with Crippen molar-refractivity contribution >= 4 is 96.7 Å². The number of hydrogen-bond acceptors (Lipinski definition) is 23. The molecule has 27 heteroatoms. The molecule has 12 rings (SSSR count). The van der Waals surface area contributed by atoms with Crippen LogP contribution in [0.2, 0.25) is 0 Å². The van der Waals surface area contributed by atoms with E-state index in [1.54, 1.807) is 57.0 Å². The molecule has 3 amide bonds. The molecule has 3 aliphatic heterocycles. The normalized spacial score (nSPS) is 13.7. The van der Waals surface area contributed by atoms with E-state index in [2.05, 4.69) is 35.5 Å². The van der Waals surface area contributed by atoms with Gasteiger partial charge in [0.25, 0.3) is 17.7 Å². The fourth-order valence-corrected chi connectivity index (χ4v) is 14.5. The molecule has 0 unspecified atom stereocenters. The minimum Gasteiger partial charge on any atom is -0.497 e. The van der Waals surface area contributed by atoms with Crippen LogP contribution in [0, 0.1) is 26.6 Å². The number of rotatable bonds is 28. The summed E-state index contributed by atoms with van der Waals surface area (Å²) in [6, 6.07) is 34.5. The maximum atomic E-state index is 13.4. The third kappa shape index (κ3) is 21.9. The van der Waals surface area contributed by atoms with Crippen molar-refractivity contribution < 1.29 is 66.3 Å². The van der Waals surface area contributed by atoms with Gasteiger partial charge in [0.05, 0.1) is 85.2 Å². The van der Waals surface area contributed by atoms with Crippen LogP contribution in [0.25, 0.3) is 32.7 Å². The van der Waals surface area contributed by atoms with Gasteiger partial charge in [0.1, 0.15) is 28.3 Å². The van der Waals surface area contributed by atoms with Gasteiger partial charge in [-0.1, -0.05) is 41.0 Å². The number of thiophene rings is 1. The number of esters is 3. The Hall–Kier alpha value is -10.7. The smallest absolute Gasteiger partial charge is 0.345 e. The molecule has 0 saturated carbocycles. The molecule has 0 aliphatic carbocycles. The van der Waals surface area contributed by atoms with E-state index < -0.39 is 17.9 Å². The highest BCUT2D eigenvalue weighted by molar-refractivity contribution is 7.12. The Balaban J connectivity index is 0.000000180. The first kappa shape index (κ1) is 84.7. The average molecular weight is 1570 g/mol. The molecule has 0 bridgehead atoms. The van der Waals surface area contributed by atoms with E-state index >= 15 is 0 Å². The third-order valence-corrected chi connectivity index (χ3v) is 20.3. The van der Waals surface area contributed by atoms with Gasteiger partial charge in [-0.05, 0) is 199 Å². The van der Waals surface area contributed by atoms with Crippen LogP contribution < -0.4 is 33.6 Å². The Morgan fingerprint density at radius 3 is 1.04 bits per heavy atom. The number of aryl methyl sites for hydroxylation is 3. The van der Waals surface area contributed by atoms with Gasteiger partial charge in [0.15, 0.2) is 0 Å². The molecule has 0 N–H and O–H groups in total. The molecule has 3 fully saturated rings. The highest BCUT2D eigenvalue weighted by Gasteiger charge is 2.35. The van der Waals surface area contributed by atoms with Gasteiger partial charge in [-0.2, -0.15) is 0 Å². The number of piperazine rings is 3. The SMILES string of the molecule is CCOC(=O)c1c(OCCCN(C)C)nc2ccc(C)cc2c1N1CCN(C(=O)c2ccc(F)cc2)CC1.CCOC(=O)c1c(OCCCN(C)C)nc2ccc(C)cc2c1N1CCN(C(=O)c2ccc(OC)cc2)CC1.CCOC(=O)c1c(OCCCN(C)C)nc2ccc(C)cc2c1N1CCN(C(=O)c2cccs2)CC1. The number of nitrogens with zero attached hydrogens (tertiary/aromatic N) is 12. The lowest BCUT2D eigenvalue weighted by atomic mass is 10.0. The predicted molar refractivity (Wildman–Crippen MR) is 441 cm³/mol. The van der Waals surface area contributed by atoms with Crippen LogP contribution in [0.5, 0.6) is 23.4 Å². The van der Waals surface area contributed by atoms with E-state index in [1.165, 1.54) is 35.6 Å². The minimum atomic E-state index is -0.481. The van der Waals surface area contributed by atoms with Crippen molar-refractivity contribution in [1.29, 1.82) is 0 Å². The van der Waals surface area contributed by atoms with Crippen molar-refractivity contribution in [3.8, 4) is 23.4 Å². The van der Waals surface area contributed by atoms with Crippen molar-refractivity contribution in [3.05, 3.63) is 176 Å². The molecule has 5 aromatic carbocycles. The molecular weight excluding hydrogens is 1460 g/mol. The summed E-state index contributed by atoms with van der Waals surface area (Å²) in [5, 5.41) is 4.51. The fourth-order valence-electron chi connectivity index (χ4n) is 13.8. The second-order valence-electron chi connectivity index (χ2n) is 28.7. The number of halogens is 1. The van der Waals surface area contributed by atoms with Gasteiger partial charge in [0.2, 0.25) is 17.6 Å². The predicted octanol–water partition coefficient (Wildman–Crippen LogP) is 12.2. The maximum absolute atomic E-state index is 13.4. The molecule has 7 heterocycles. The summed E-state index contributed by atoms with van der Waals surface area (Å²) in [5.41, 5.74) is 9.75. The first-order valence-electron chi connectivity index (χ1n) is 38.7. The lowest BCUT2D eigenvalue weighted by molar-refractivity contribution is 0.0511. The van der Waals surface area contributed by atoms with Crippen LogP contribution in [0.4, 0.5) is 21.5 Å². The highest BCUT2D eigenvalue weighted by Crippen LogP contribution is 2.41. The molecule has 0 atom stereocenters. The number of fused-ring (bicyclic) bond motifs is 3. The average Bonchev–Trinajstić information content (AvgIpc) is 0.933. The number of methoxy groups -OCH3 is 1. The van der Waals surface area contributed by atoms with Crippen LogP contribution in [0.15, 0.2) is 121 Å². The quantitative estimate of drug-likeness (QED) is 0.0252. The number of ether oxygens (including phenoxy) is 7. The van der Waals surface area contributed by atoms with E-state index in [9.17, 15) is 33.2 Å². The minimum absolute atomic E-state index is 0.0248. The van der Waals surface area contributed by atoms with Crippen LogP contribution in [-0.4, -0.2) is 267 Å². The number of amides is 3.